The summed E-state index contributed by atoms with van der Waals surface area (Å²) < 4.78 is 6.19. The van der Waals surface area contributed by atoms with Crippen LogP contribution in [0.1, 0.15) is 51.2 Å². The lowest BCUT2D eigenvalue weighted by Gasteiger charge is -2.31. The van der Waals surface area contributed by atoms with Crippen molar-refractivity contribution in [3.63, 3.8) is 0 Å². The third kappa shape index (κ3) is 3.22. The highest BCUT2D eigenvalue weighted by atomic mass is 16.5. The quantitative estimate of drug-likeness (QED) is 0.803. The molecule has 17 heavy (non-hydrogen) atoms. The number of nitrogen functional groups attached to an aromatic ring is 1. The Morgan fingerprint density at radius 1 is 1.18 bits per heavy atom. The molecule has 3 unspecified atom stereocenters. The highest BCUT2D eigenvalue weighted by Gasteiger charge is 2.24. The van der Waals surface area contributed by atoms with Crippen LogP contribution < -0.4 is 5.73 Å². The van der Waals surface area contributed by atoms with E-state index in [-0.39, 0.29) is 6.10 Å². The first-order valence-corrected chi connectivity index (χ1v) is 6.67. The summed E-state index contributed by atoms with van der Waals surface area (Å²) in [6, 6.07) is 8.01. The van der Waals surface area contributed by atoms with Gasteiger partial charge in [0, 0.05) is 5.69 Å². The van der Waals surface area contributed by atoms with E-state index in [0.29, 0.717) is 12.0 Å². The molecular formula is C15H23NO. The van der Waals surface area contributed by atoms with Gasteiger partial charge >= 0.3 is 0 Å². The van der Waals surface area contributed by atoms with Crippen LogP contribution in [0.2, 0.25) is 0 Å². The second kappa shape index (κ2) is 5.54. The largest absolute Gasteiger partial charge is 0.399 e. The molecule has 2 rings (SSSR count). The first-order chi connectivity index (χ1) is 8.16. The predicted octanol–water partition coefficient (Wildman–Crippen LogP) is 3.93. The van der Waals surface area contributed by atoms with Crippen LogP contribution >= 0.6 is 0 Å². The standard InChI is InChI=1S/C15H23NO/c1-11-5-3-4-6-15(11)17-12(2)13-7-9-14(16)10-8-13/h7-12,15H,3-6,16H2,1-2H3. The molecule has 1 aliphatic carbocycles. The molecule has 0 saturated heterocycles. The highest BCUT2D eigenvalue weighted by Crippen LogP contribution is 2.30. The van der Waals surface area contributed by atoms with Gasteiger partial charge in [-0.25, -0.2) is 0 Å². The second-order valence-electron chi connectivity index (χ2n) is 5.25. The molecule has 1 aromatic rings. The van der Waals surface area contributed by atoms with Gasteiger partial charge < -0.3 is 10.5 Å². The van der Waals surface area contributed by atoms with Crippen LogP contribution in [0.3, 0.4) is 0 Å². The average molecular weight is 233 g/mol. The average Bonchev–Trinajstić information content (AvgIpc) is 2.33. The minimum absolute atomic E-state index is 0.168. The maximum atomic E-state index is 6.19. The van der Waals surface area contributed by atoms with Crippen molar-refractivity contribution in [1.82, 2.24) is 0 Å². The second-order valence-corrected chi connectivity index (χ2v) is 5.25. The van der Waals surface area contributed by atoms with Gasteiger partial charge in [-0.3, -0.25) is 0 Å². The summed E-state index contributed by atoms with van der Waals surface area (Å²) >= 11 is 0. The summed E-state index contributed by atoms with van der Waals surface area (Å²) in [7, 11) is 0. The van der Waals surface area contributed by atoms with E-state index in [1.54, 1.807) is 0 Å². The van der Waals surface area contributed by atoms with Gasteiger partial charge in [-0.05, 0) is 43.4 Å². The van der Waals surface area contributed by atoms with Crippen LogP contribution in [0.4, 0.5) is 5.69 Å². The molecule has 0 heterocycles. The van der Waals surface area contributed by atoms with E-state index in [9.17, 15) is 0 Å². The molecule has 1 saturated carbocycles. The van der Waals surface area contributed by atoms with Crippen LogP contribution in [-0.4, -0.2) is 6.10 Å². The van der Waals surface area contributed by atoms with Crippen molar-refractivity contribution in [3.05, 3.63) is 29.8 Å². The molecular weight excluding hydrogens is 210 g/mol. The maximum absolute atomic E-state index is 6.19. The van der Waals surface area contributed by atoms with Gasteiger partial charge in [-0.1, -0.05) is 31.9 Å². The van der Waals surface area contributed by atoms with E-state index >= 15 is 0 Å². The number of rotatable bonds is 3. The van der Waals surface area contributed by atoms with Crippen molar-refractivity contribution in [1.29, 1.82) is 0 Å². The molecule has 94 valence electrons. The fraction of sp³-hybridized carbons (Fsp3) is 0.600. The fourth-order valence-electron chi connectivity index (χ4n) is 2.59. The van der Waals surface area contributed by atoms with Crippen molar-refractivity contribution in [2.75, 3.05) is 5.73 Å². The molecule has 0 spiro atoms. The summed E-state index contributed by atoms with van der Waals surface area (Å²) in [5.41, 5.74) is 7.72. The number of anilines is 1. The van der Waals surface area contributed by atoms with Gasteiger partial charge in [0.15, 0.2) is 0 Å². The third-order valence-corrected chi connectivity index (χ3v) is 3.82. The van der Waals surface area contributed by atoms with E-state index in [4.69, 9.17) is 10.5 Å². The lowest BCUT2D eigenvalue weighted by molar-refractivity contribution is -0.0494. The van der Waals surface area contributed by atoms with Crippen LogP contribution in [0.15, 0.2) is 24.3 Å². The first-order valence-electron chi connectivity index (χ1n) is 6.67. The van der Waals surface area contributed by atoms with E-state index in [2.05, 4.69) is 26.0 Å². The zero-order valence-electron chi connectivity index (χ0n) is 10.9. The molecule has 1 fully saturated rings. The fourth-order valence-corrected chi connectivity index (χ4v) is 2.59. The van der Waals surface area contributed by atoms with Gasteiger partial charge in [0.05, 0.1) is 12.2 Å². The topological polar surface area (TPSA) is 35.2 Å². The molecule has 0 aromatic heterocycles. The van der Waals surface area contributed by atoms with E-state index < -0.39 is 0 Å². The smallest absolute Gasteiger partial charge is 0.0800 e. The number of ether oxygens (including phenoxy) is 1. The number of benzene rings is 1. The van der Waals surface area contributed by atoms with Crippen molar-refractivity contribution in [2.45, 2.75) is 51.7 Å². The lowest BCUT2D eigenvalue weighted by Crippen LogP contribution is -2.26. The van der Waals surface area contributed by atoms with Crippen molar-refractivity contribution < 1.29 is 4.74 Å². The van der Waals surface area contributed by atoms with Gasteiger partial charge in [-0.15, -0.1) is 0 Å². The van der Waals surface area contributed by atoms with E-state index in [1.807, 2.05) is 12.1 Å². The molecule has 2 heteroatoms. The molecule has 0 amide bonds. The zero-order valence-corrected chi connectivity index (χ0v) is 10.9. The zero-order chi connectivity index (χ0) is 12.3. The highest BCUT2D eigenvalue weighted by molar-refractivity contribution is 5.39. The van der Waals surface area contributed by atoms with Crippen molar-refractivity contribution >= 4 is 5.69 Å². The molecule has 1 aromatic carbocycles. The Labute approximate surface area is 104 Å². The monoisotopic (exact) mass is 233 g/mol. The van der Waals surface area contributed by atoms with Crippen LogP contribution in [0, 0.1) is 5.92 Å². The summed E-state index contributed by atoms with van der Waals surface area (Å²) in [5.74, 6) is 0.694. The number of hydrogen-bond donors (Lipinski definition) is 1. The predicted molar refractivity (Wildman–Crippen MR) is 71.8 cm³/mol. The van der Waals surface area contributed by atoms with Crippen molar-refractivity contribution in [2.24, 2.45) is 5.92 Å². The molecule has 0 aliphatic heterocycles. The van der Waals surface area contributed by atoms with Gasteiger partial charge in [0.25, 0.3) is 0 Å². The first kappa shape index (κ1) is 12.4. The Morgan fingerprint density at radius 3 is 2.47 bits per heavy atom. The number of nitrogens with two attached hydrogens (primary N) is 1. The normalized spacial score (nSPS) is 26.7. The summed E-state index contributed by atoms with van der Waals surface area (Å²) in [6.07, 6.45) is 5.78. The molecule has 2 N–H and O–H groups in total. The summed E-state index contributed by atoms with van der Waals surface area (Å²) in [5, 5.41) is 0. The van der Waals surface area contributed by atoms with Crippen LogP contribution in [0.25, 0.3) is 0 Å². The Kier molecular flexibility index (Phi) is 4.06. The van der Waals surface area contributed by atoms with E-state index in [1.165, 1.54) is 31.2 Å². The minimum Gasteiger partial charge on any atom is -0.399 e. The molecule has 0 bridgehead atoms. The third-order valence-electron chi connectivity index (χ3n) is 3.82. The molecule has 1 aliphatic rings. The Morgan fingerprint density at radius 2 is 1.82 bits per heavy atom. The SMILES string of the molecule is CC(OC1CCCCC1C)c1ccc(N)cc1. The molecule has 2 nitrogen and oxygen atoms in total. The number of hydrogen-bond acceptors (Lipinski definition) is 2. The van der Waals surface area contributed by atoms with Crippen LogP contribution in [-0.2, 0) is 4.74 Å². The summed E-state index contributed by atoms with van der Waals surface area (Å²) in [4.78, 5) is 0. The molecule has 0 radical (unpaired) electrons. The maximum Gasteiger partial charge on any atom is 0.0800 e. The Hall–Kier alpha value is -1.02. The lowest BCUT2D eigenvalue weighted by atomic mass is 9.88. The summed E-state index contributed by atoms with van der Waals surface area (Å²) in [6.45, 7) is 4.44. The van der Waals surface area contributed by atoms with E-state index in [0.717, 1.165) is 5.69 Å². The Bertz CT molecular complexity index is 346. The van der Waals surface area contributed by atoms with Gasteiger partial charge in [0.1, 0.15) is 0 Å². The van der Waals surface area contributed by atoms with Crippen molar-refractivity contribution in [3.8, 4) is 0 Å². The van der Waals surface area contributed by atoms with Gasteiger partial charge in [0.2, 0.25) is 0 Å². The van der Waals surface area contributed by atoms with Crippen LogP contribution in [0.5, 0.6) is 0 Å². The Balaban J connectivity index is 1.95. The van der Waals surface area contributed by atoms with Gasteiger partial charge in [-0.2, -0.15) is 0 Å². The minimum atomic E-state index is 0.168. The molecule has 3 atom stereocenters.